The number of anilines is 1. The van der Waals surface area contributed by atoms with Crippen LogP contribution in [0.15, 0.2) is 18.2 Å². The van der Waals surface area contributed by atoms with Crippen molar-refractivity contribution in [3.05, 3.63) is 26.8 Å². The fourth-order valence-electron chi connectivity index (χ4n) is 0.924. The summed E-state index contributed by atoms with van der Waals surface area (Å²) in [6.45, 7) is 0.986. The highest BCUT2D eigenvalue weighted by atomic mass is 127. The largest absolute Gasteiger partial charge is 0.395 e. The third-order valence-electron chi connectivity index (χ3n) is 1.97. The van der Waals surface area contributed by atoms with E-state index in [4.69, 9.17) is 16.7 Å². The molecule has 0 spiro atoms. The van der Waals surface area contributed by atoms with Crippen LogP contribution in [-0.2, 0) is 10.0 Å². The van der Waals surface area contributed by atoms with Gasteiger partial charge in [0.25, 0.3) is 0 Å². The molecule has 1 rings (SSSR count). The van der Waals surface area contributed by atoms with Gasteiger partial charge in [-0.1, -0.05) is 11.6 Å². The van der Waals surface area contributed by atoms with E-state index in [9.17, 15) is 8.42 Å². The maximum atomic E-state index is 11.6. The molecule has 4 nitrogen and oxygen atoms in total. The number of rotatable bonds is 4. The van der Waals surface area contributed by atoms with Crippen molar-refractivity contribution in [2.24, 2.45) is 0 Å². The van der Waals surface area contributed by atoms with Crippen LogP contribution in [0, 0.1) is 3.57 Å². The Labute approximate surface area is 113 Å². The van der Waals surface area contributed by atoms with Gasteiger partial charge in [-0.3, -0.25) is 4.72 Å². The van der Waals surface area contributed by atoms with Crippen molar-refractivity contribution in [3.63, 3.8) is 0 Å². The van der Waals surface area contributed by atoms with Gasteiger partial charge in [-0.25, -0.2) is 8.42 Å². The molecule has 1 aromatic rings. The van der Waals surface area contributed by atoms with E-state index in [-0.39, 0.29) is 0 Å². The first-order valence-corrected chi connectivity index (χ1v) is 7.44. The molecule has 0 fully saturated rings. The molecule has 0 saturated heterocycles. The summed E-state index contributed by atoms with van der Waals surface area (Å²) in [7, 11) is -3.59. The Kier molecular flexibility index (Phi) is 4.84. The minimum atomic E-state index is -3.59. The molecule has 0 heterocycles. The van der Waals surface area contributed by atoms with Gasteiger partial charge in [-0.2, -0.15) is 0 Å². The van der Waals surface area contributed by atoms with E-state index in [1.54, 1.807) is 18.2 Å². The van der Waals surface area contributed by atoms with Gasteiger partial charge in [-0.05, 0) is 47.7 Å². The van der Waals surface area contributed by atoms with Crippen molar-refractivity contribution in [2.45, 2.75) is 12.2 Å². The van der Waals surface area contributed by atoms with E-state index in [1.807, 2.05) is 0 Å². The average molecular weight is 376 g/mol. The van der Waals surface area contributed by atoms with Gasteiger partial charge in [0.05, 0.1) is 17.3 Å². The molecule has 0 bridgehead atoms. The fraction of sp³-hybridized carbons (Fsp3) is 0.333. The molecule has 0 aromatic heterocycles. The summed E-state index contributed by atoms with van der Waals surface area (Å²) in [6.07, 6.45) is 0. The van der Waals surface area contributed by atoms with Crippen molar-refractivity contribution in [2.75, 3.05) is 11.3 Å². The van der Waals surface area contributed by atoms with Crippen LogP contribution >= 0.6 is 34.2 Å². The first kappa shape index (κ1) is 14.0. The molecule has 0 saturated carbocycles. The first-order valence-electron chi connectivity index (χ1n) is 4.44. The molecule has 90 valence electrons. The number of hydrogen-bond acceptors (Lipinski definition) is 3. The molecule has 2 N–H and O–H groups in total. The van der Waals surface area contributed by atoms with Gasteiger partial charge in [0.2, 0.25) is 10.0 Å². The van der Waals surface area contributed by atoms with E-state index in [0.717, 1.165) is 3.57 Å². The zero-order chi connectivity index (χ0) is 12.3. The summed E-state index contributed by atoms with van der Waals surface area (Å²) in [6, 6.07) is 4.99. The van der Waals surface area contributed by atoms with Crippen molar-refractivity contribution in [1.29, 1.82) is 0 Å². The van der Waals surface area contributed by atoms with Crippen LogP contribution in [-0.4, -0.2) is 25.4 Å². The Morgan fingerprint density at radius 2 is 2.19 bits per heavy atom. The second-order valence-corrected chi connectivity index (χ2v) is 7.02. The van der Waals surface area contributed by atoms with Crippen molar-refractivity contribution in [1.82, 2.24) is 0 Å². The van der Waals surface area contributed by atoms with Gasteiger partial charge in [0.15, 0.2) is 0 Å². The Bertz CT molecular complexity index is 478. The second kappa shape index (κ2) is 5.52. The molecule has 0 aliphatic rings. The molecular formula is C9H11ClINO3S. The number of halogens is 2. The smallest absolute Gasteiger partial charge is 0.237 e. The number of aliphatic hydroxyl groups excluding tert-OH is 1. The van der Waals surface area contributed by atoms with E-state index in [1.165, 1.54) is 6.92 Å². The molecular weight excluding hydrogens is 365 g/mol. The van der Waals surface area contributed by atoms with E-state index in [0.29, 0.717) is 10.7 Å². The van der Waals surface area contributed by atoms with E-state index < -0.39 is 21.9 Å². The van der Waals surface area contributed by atoms with Crippen LogP contribution in [0.3, 0.4) is 0 Å². The minimum Gasteiger partial charge on any atom is -0.395 e. The summed E-state index contributed by atoms with van der Waals surface area (Å²) < 4.78 is 26.5. The summed E-state index contributed by atoms with van der Waals surface area (Å²) >= 11 is 7.97. The van der Waals surface area contributed by atoms with Gasteiger partial charge in [0.1, 0.15) is 5.25 Å². The molecule has 1 unspecified atom stereocenters. The van der Waals surface area contributed by atoms with Gasteiger partial charge in [-0.15, -0.1) is 0 Å². The van der Waals surface area contributed by atoms with Crippen LogP contribution < -0.4 is 4.72 Å². The molecule has 16 heavy (non-hydrogen) atoms. The highest BCUT2D eigenvalue weighted by Crippen LogP contribution is 2.25. The fourth-order valence-corrected chi connectivity index (χ4v) is 2.77. The predicted molar refractivity (Wildman–Crippen MR) is 73.3 cm³/mol. The maximum absolute atomic E-state index is 11.6. The Hall–Kier alpha value is -0.0500. The lowest BCUT2D eigenvalue weighted by Crippen LogP contribution is -2.28. The minimum absolute atomic E-state index is 0.322. The summed E-state index contributed by atoms with van der Waals surface area (Å²) in [5, 5.41) is 8.27. The molecule has 0 aliphatic carbocycles. The number of hydrogen-bond donors (Lipinski definition) is 2. The zero-order valence-corrected chi connectivity index (χ0v) is 12.2. The SMILES string of the molecule is CC(CO)S(=O)(=O)Nc1ccc(I)cc1Cl. The van der Waals surface area contributed by atoms with Crippen LogP contribution in [0.2, 0.25) is 5.02 Å². The lowest BCUT2D eigenvalue weighted by atomic mass is 10.3. The Balaban J connectivity index is 2.97. The molecule has 1 atom stereocenters. The molecule has 0 aliphatic heterocycles. The van der Waals surface area contributed by atoms with Gasteiger partial charge in [0, 0.05) is 3.57 Å². The Morgan fingerprint density at radius 3 is 2.69 bits per heavy atom. The van der Waals surface area contributed by atoms with Crippen LogP contribution in [0.4, 0.5) is 5.69 Å². The molecule has 7 heteroatoms. The van der Waals surface area contributed by atoms with Crippen LogP contribution in [0.1, 0.15) is 6.92 Å². The quantitative estimate of drug-likeness (QED) is 0.792. The highest BCUT2D eigenvalue weighted by Gasteiger charge is 2.20. The van der Waals surface area contributed by atoms with Gasteiger partial charge >= 0.3 is 0 Å². The number of aliphatic hydroxyl groups is 1. The van der Waals surface area contributed by atoms with Crippen LogP contribution in [0.25, 0.3) is 0 Å². The lowest BCUT2D eigenvalue weighted by molar-refractivity contribution is 0.296. The lowest BCUT2D eigenvalue weighted by Gasteiger charge is -2.13. The third-order valence-corrected chi connectivity index (χ3v) is 4.67. The third kappa shape index (κ3) is 3.47. The Morgan fingerprint density at radius 1 is 1.56 bits per heavy atom. The summed E-state index contributed by atoms with van der Waals surface area (Å²) in [5.74, 6) is 0. The van der Waals surface area contributed by atoms with E-state index >= 15 is 0 Å². The maximum Gasteiger partial charge on any atom is 0.237 e. The van der Waals surface area contributed by atoms with E-state index in [2.05, 4.69) is 27.3 Å². The van der Waals surface area contributed by atoms with Crippen LogP contribution in [0.5, 0.6) is 0 Å². The normalized spacial score (nSPS) is 13.5. The summed E-state index contributed by atoms with van der Waals surface area (Å²) in [4.78, 5) is 0. The number of benzene rings is 1. The highest BCUT2D eigenvalue weighted by molar-refractivity contribution is 14.1. The standard InChI is InChI=1S/C9H11ClINO3S/c1-6(5-13)16(14,15)12-9-3-2-7(11)4-8(9)10/h2-4,6,12-13H,5H2,1H3. The number of nitrogens with one attached hydrogen (secondary N) is 1. The summed E-state index contributed by atoms with van der Waals surface area (Å²) in [5.41, 5.74) is 0.322. The van der Waals surface area contributed by atoms with Crippen molar-refractivity contribution < 1.29 is 13.5 Å². The topological polar surface area (TPSA) is 66.4 Å². The monoisotopic (exact) mass is 375 g/mol. The van der Waals surface area contributed by atoms with Crippen molar-refractivity contribution >= 4 is 49.9 Å². The molecule has 1 aromatic carbocycles. The number of sulfonamides is 1. The predicted octanol–water partition coefficient (Wildman–Crippen LogP) is 2.07. The average Bonchev–Trinajstić information content (AvgIpc) is 2.21. The second-order valence-electron chi connectivity index (χ2n) is 3.26. The van der Waals surface area contributed by atoms with Crippen molar-refractivity contribution in [3.8, 4) is 0 Å². The zero-order valence-electron chi connectivity index (χ0n) is 8.44. The van der Waals surface area contributed by atoms with Gasteiger partial charge < -0.3 is 5.11 Å². The molecule has 0 amide bonds. The first-order chi connectivity index (χ1) is 7.36. The molecule has 0 radical (unpaired) electrons.